The first-order valence-electron chi connectivity index (χ1n) is 4.60. The lowest BCUT2D eigenvalue weighted by atomic mass is 9.98. The van der Waals surface area contributed by atoms with Gasteiger partial charge >= 0.3 is 0 Å². The second-order valence-corrected chi connectivity index (χ2v) is 3.50. The van der Waals surface area contributed by atoms with Crippen LogP contribution in [0.3, 0.4) is 0 Å². The molecule has 0 aromatic heterocycles. The van der Waals surface area contributed by atoms with E-state index in [1.54, 1.807) is 0 Å². The van der Waals surface area contributed by atoms with Crippen molar-refractivity contribution in [2.45, 2.75) is 51.5 Å². The fourth-order valence-corrected chi connectivity index (χ4v) is 1.89. The summed E-state index contributed by atoms with van der Waals surface area (Å²) in [6.45, 7) is 2.25. The van der Waals surface area contributed by atoms with Crippen LogP contribution in [0.1, 0.15) is 45.4 Å². The summed E-state index contributed by atoms with van der Waals surface area (Å²) in [7, 11) is 0. The molecule has 0 amide bonds. The van der Waals surface area contributed by atoms with Crippen LogP contribution >= 0.6 is 0 Å². The molecule has 10 heavy (non-hydrogen) atoms. The number of nitrogens with two attached hydrogens (primary N) is 1. The van der Waals surface area contributed by atoms with Crippen molar-refractivity contribution in [1.82, 2.24) is 0 Å². The fraction of sp³-hybridized carbons (Fsp3) is 1.00. The molecule has 1 nitrogen and oxygen atoms in total. The van der Waals surface area contributed by atoms with E-state index >= 15 is 0 Å². The van der Waals surface area contributed by atoms with Crippen LogP contribution in [0, 0.1) is 5.92 Å². The molecular formula is C9H19N. The first kappa shape index (κ1) is 8.06. The Morgan fingerprint density at radius 1 is 1.40 bits per heavy atom. The molecule has 60 valence electrons. The van der Waals surface area contributed by atoms with Crippen molar-refractivity contribution in [3.8, 4) is 0 Å². The van der Waals surface area contributed by atoms with Crippen molar-refractivity contribution in [3.05, 3.63) is 0 Å². The molecular weight excluding hydrogens is 122 g/mol. The summed E-state index contributed by atoms with van der Waals surface area (Å²) in [6, 6.07) is 0.534. The summed E-state index contributed by atoms with van der Waals surface area (Å²) < 4.78 is 0. The quantitative estimate of drug-likeness (QED) is 0.641. The van der Waals surface area contributed by atoms with Gasteiger partial charge in [0, 0.05) is 6.04 Å². The molecule has 1 aliphatic carbocycles. The van der Waals surface area contributed by atoms with Crippen molar-refractivity contribution in [2.24, 2.45) is 11.7 Å². The largest absolute Gasteiger partial charge is 0.327 e. The maximum absolute atomic E-state index is 5.92. The first-order chi connectivity index (χ1) is 4.84. The monoisotopic (exact) mass is 141 g/mol. The van der Waals surface area contributed by atoms with Crippen molar-refractivity contribution in [3.63, 3.8) is 0 Å². The zero-order valence-electron chi connectivity index (χ0n) is 6.97. The standard InChI is InChI=1S/C9H19N/c1-2-3-5-8-6-4-7-9(8)10/h8-9H,2-7,10H2,1H3/t8-,9-/m1/s1. The predicted octanol–water partition coefficient (Wildman–Crippen LogP) is 2.30. The molecule has 0 bridgehead atoms. The topological polar surface area (TPSA) is 26.0 Å². The van der Waals surface area contributed by atoms with E-state index in [4.69, 9.17) is 5.73 Å². The zero-order valence-corrected chi connectivity index (χ0v) is 6.97. The predicted molar refractivity (Wildman–Crippen MR) is 44.8 cm³/mol. The average Bonchev–Trinajstić information content (AvgIpc) is 2.31. The third-order valence-corrected chi connectivity index (χ3v) is 2.65. The van der Waals surface area contributed by atoms with E-state index in [1.807, 2.05) is 0 Å². The highest BCUT2D eigenvalue weighted by molar-refractivity contribution is 4.79. The van der Waals surface area contributed by atoms with Gasteiger partial charge in [-0.15, -0.1) is 0 Å². The van der Waals surface area contributed by atoms with Gasteiger partial charge in [-0.2, -0.15) is 0 Å². The third-order valence-electron chi connectivity index (χ3n) is 2.65. The van der Waals surface area contributed by atoms with Crippen LogP contribution < -0.4 is 5.73 Å². The van der Waals surface area contributed by atoms with E-state index in [0.29, 0.717) is 6.04 Å². The van der Waals surface area contributed by atoms with Crippen molar-refractivity contribution in [2.75, 3.05) is 0 Å². The third kappa shape index (κ3) is 1.98. The highest BCUT2D eigenvalue weighted by atomic mass is 14.7. The van der Waals surface area contributed by atoms with E-state index in [2.05, 4.69) is 6.92 Å². The molecule has 0 spiro atoms. The maximum atomic E-state index is 5.92. The van der Waals surface area contributed by atoms with Crippen LogP contribution in [-0.2, 0) is 0 Å². The summed E-state index contributed by atoms with van der Waals surface area (Å²) in [5.74, 6) is 0.861. The summed E-state index contributed by atoms with van der Waals surface area (Å²) in [5, 5.41) is 0. The summed E-state index contributed by atoms with van der Waals surface area (Å²) in [6.07, 6.45) is 8.10. The normalized spacial score (nSPS) is 33.0. The van der Waals surface area contributed by atoms with Crippen LogP contribution in [0.4, 0.5) is 0 Å². The molecule has 0 heterocycles. The number of hydrogen-bond acceptors (Lipinski definition) is 1. The van der Waals surface area contributed by atoms with Gasteiger partial charge in [-0.25, -0.2) is 0 Å². The number of hydrogen-bond donors (Lipinski definition) is 1. The summed E-state index contributed by atoms with van der Waals surface area (Å²) >= 11 is 0. The number of rotatable bonds is 3. The summed E-state index contributed by atoms with van der Waals surface area (Å²) in [4.78, 5) is 0. The Bertz CT molecular complexity index is 90.7. The van der Waals surface area contributed by atoms with E-state index < -0.39 is 0 Å². The molecule has 0 aliphatic heterocycles. The minimum atomic E-state index is 0.534. The van der Waals surface area contributed by atoms with Crippen LogP contribution in [0.15, 0.2) is 0 Å². The van der Waals surface area contributed by atoms with Crippen molar-refractivity contribution in [1.29, 1.82) is 0 Å². The first-order valence-corrected chi connectivity index (χ1v) is 4.60. The zero-order chi connectivity index (χ0) is 7.40. The second kappa shape index (κ2) is 3.97. The Balaban J connectivity index is 2.14. The molecule has 0 aromatic carbocycles. The molecule has 1 fully saturated rings. The van der Waals surface area contributed by atoms with Gasteiger partial charge in [0.05, 0.1) is 0 Å². The Morgan fingerprint density at radius 3 is 2.70 bits per heavy atom. The average molecular weight is 141 g/mol. The van der Waals surface area contributed by atoms with E-state index in [1.165, 1.54) is 38.5 Å². The molecule has 2 N–H and O–H groups in total. The SMILES string of the molecule is CCCC[C@@H]1CCC[C@H]1N. The van der Waals surface area contributed by atoms with Crippen molar-refractivity contribution < 1.29 is 0 Å². The van der Waals surface area contributed by atoms with E-state index in [0.717, 1.165) is 5.92 Å². The highest BCUT2D eigenvalue weighted by Gasteiger charge is 2.22. The lowest BCUT2D eigenvalue weighted by molar-refractivity contribution is 0.431. The van der Waals surface area contributed by atoms with Gasteiger partial charge in [0.15, 0.2) is 0 Å². The van der Waals surface area contributed by atoms with Crippen LogP contribution in [-0.4, -0.2) is 6.04 Å². The van der Waals surface area contributed by atoms with Crippen LogP contribution in [0.2, 0.25) is 0 Å². The Labute approximate surface area is 64.0 Å². The Morgan fingerprint density at radius 2 is 2.20 bits per heavy atom. The molecule has 1 aliphatic rings. The van der Waals surface area contributed by atoms with Gasteiger partial charge < -0.3 is 5.73 Å². The molecule has 0 radical (unpaired) electrons. The van der Waals surface area contributed by atoms with Gasteiger partial charge in [-0.3, -0.25) is 0 Å². The van der Waals surface area contributed by atoms with E-state index in [-0.39, 0.29) is 0 Å². The minimum Gasteiger partial charge on any atom is -0.327 e. The molecule has 0 saturated heterocycles. The Hall–Kier alpha value is -0.0400. The smallest absolute Gasteiger partial charge is 0.00671 e. The summed E-state index contributed by atoms with van der Waals surface area (Å²) in [5.41, 5.74) is 5.92. The van der Waals surface area contributed by atoms with Crippen molar-refractivity contribution >= 4 is 0 Å². The highest BCUT2D eigenvalue weighted by Crippen LogP contribution is 2.27. The van der Waals surface area contributed by atoms with Gasteiger partial charge in [0.25, 0.3) is 0 Å². The second-order valence-electron chi connectivity index (χ2n) is 3.50. The molecule has 1 saturated carbocycles. The van der Waals surface area contributed by atoms with Gasteiger partial charge in [0.1, 0.15) is 0 Å². The minimum absolute atomic E-state index is 0.534. The lowest BCUT2D eigenvalue weighted by Gasteiger charge is -2.13. The number of unbranched alkanes of at least 4 members (excludes halogenated alkanes) is 1. The molecule has 2 atom stereocenters. The fourth-order valence-electron chi connectivity index (χ4n) is 1.89. The molecule has 1 heteroatoms. The molecule has 0 unspecified atom stereocenters. The van der Waals surface area contributed by atoms with Crippen LogP contribution in [0.25, 0.3) is 0 Å². The van der Waals surface area contributed by atoms with Crippen LogP contribution in [0.5, 0.6) is 0 Å². The Kier molecular flexibility index (Phi) is 3.20. The molecule has 0 aromatic rings. The van der Waals surface area contributed by atoms with Gasteiger partial charge in [-0.05, 0) is 25.2 Å². The van der Waals surface area contributed by atoms with Gasteiger partial charge in [0.2, 0.25) is 0 Å². The lowest BCUT2D eigenvalue weighted by Crippen LogP contribution is -2.24. The molecule has 1 rings (SSSR count). The van der Waals surface area contributed by atoms with E-state index in [9.17, 15) is 0 Å². The maximum Gasteiger partial charge on any atom is 0.00671 e. The van der Waals surface area contributed by atoms with Gasteiger partial charge in [-0.1, -0.05) is 26.2 Å².